The molecule has 2 aliphatic rings. The van der Waals surface area contributed by atoms with Gasteiger partial charge in [0.15, 0.2) is 0 Å². The Morgan fingerprint density at radius 3 is 2.03 bits per heavy atom. The summed E-state index contributed by atoms with van der Waals surface area (Å²) >= 11 is 1.95. The molecule has 3 heteroatoms. The van der Waals surface area contributed by atoms with Gasteiger partial charge in [0.05, 0.1) is 17.1 Å². The van der Waals surface area contributed by atoms with Crippen LogP contribution >= 0.6 is 11.3 Å². The van der Waals surface area contributed by atoms with Crippen LogP contribution in [0.25, 0.3) is 43.7 Å². The number of fused-ring (bicyclic) bond motifs is 10. The minimum Gasteiger partial charge on any atom is -0.332 e. The van der Waals surface area contributed by atoms with E-state index in [0.29, 0.717) is 0 Å². The quantitative estimate of drug-likeness (QED) is 0.222. The Morgan fingerprint density at radius 2 is 1.26 bits per heavy atom. The normalized spacial score (nSPS) is 17.6. The molecule has 0 saturated carbocycles. The number of nitrogens with zero attached hydrogens (tertiary/aromatic N) is 2. The van der Waals surface area contributed by atoms with E-state index in [0.717, 1.165) is 0 Å². The van der Waals surface area contributed by atoms with E-state index >= 15 is 0 Å². The number of hydrogen-bond acceptors (Lipinski definition) is 2. The molecule has 0 spiro atoms. The van der Waals surface area contributed by atoms with Gasteiger partial charge in [-0.15, -0.1) is 11.3 Å². The third-order valence-electron chi connectivity index (χ3n) is 8.52. The second-order valence-electron chi connectivity index (χ2n) is 10.5. The Labute approximate surface area is 230 Å². The van der Waals surface area contributed by atoms with Crippen molar-refractivity contribution in [3.8, 4) is 5.69 Å². The van der Waals surface area contributed by atoms with Crippen molar-refractivity contribution in [2.45, 2.75) is 12.0 Å². The Bertz CT molecular complexity index is 2040. The SMILES string of the molecule is C1=CC2c3cc(-n4c5ccccc5c5ccccc54)ccc3N(c3ccccc3)C2c2sc3ccccc3c21. The molecule has 184 valence electrons. The maximum absolute atomic E-state index is 2.58. The molecule has 0 N–H and O–H groups in total. The second-order valence-corrected chi connectivity index (χ2v) is 11.6. The van der Waals surface area contributed by atoms with E-state index in [1.54, 1.807) is 0 Å². The van der Waals surface area contributed by atoms with Gasteiger partial charge in [0, 0.05) is 48.7 Å². The molecule has 0 bridgehead atoms. The van der Waals surface area contributed by atoms with Gasteiger partial charge < -0.3 is 9.47 Å². The molecule has 39 heavy (non-hydrogen) atoms. The maximum atomic E-state index is 2.58. The predicted molar refractivity (Wildman–Crippen MR) is 166 cm³/mol. The zero-order valence-corrected chi connectivity index (χ0v) is 22.0. The molecule has 1 aliphatic heterocycles. The van der Waals surface area contributed by atoms with Crippen LogP contribution in [0, 0.1) is 0 Å². The fourth-order valence-corrected chi connectivity index (χ4v) is 8.23. The molecular formula is C36H24N2S. The number of thiophene rings is 1. The molecule has 2 nitrogen and oxygen atoms in total. The van der Waals surface area contributed by atoms with Crippen molar-refractivity contribution in [1.29, 1.82) is 0 Å². The van der Waals surface area contributed by atoms with Crippen LogP contribution in [-0.2, 0) is 0 Å². The average Bonchev–Trinajstić information content (AvgIpc) is 3.65. The summed E-state index contributed by atoms with van der Waals surface area (Å²) < 4.78 is 3.80. The summed E-state index contributed by atoms with van der Waals surface area (Å²) in [5, 5.41) is 3.96. The van der Waals surface area contributed by atoms with Gasteiger partial charge in [-0.1, -0.05) is 84.9 Å². The molecule has 5 aromatic carbocycles. The summed E-state index contributed by atoms with van der Waals surface area (Å²) in [6.07, 6.45) is 4.82. The van der Waals surface area contributed by atoms with Gasteiger partial charge >= 0.3 is 0 Å². The van der Waals surface area contributed by atoms with E-state index in [1.807, 2.05) is 11.3 Å². The molecule has 9 rings (SSSR count). The van der Waals surface area contributed by atoms with Crippen molar-refractivity contribution in [3.05, 3.63) is 143 Å². The number of rotatable bonds is 2. The lowest BCUT2D eigenvalue weighted by molar-refractivity contribution is 0.680. The summed E-state index contributed by atoms with van der Waals surface area (Å²) in [5.74, 6) is 0.286. The highest BCUT2D eigenvalue weighted by Gasteiger charge is 2.43. The number of para-hydroxylation sites is 3. The molecule has 2 atom stereocenters. The molecule has 2 unspecified atom stereocenters. The molecule has 0 saturated heterocycles. The van der Waals surface area contributed by atoms with Crippen LogP contribution in [0.5, 0.6) is 0 Å². The highest BCUT2D eigenvalue weighted by atomic mass is 32.1. The van der Waals surface area contributed by atoms with Gasteiger partial charge in [0.25, 0.3) is 0 Å². The minimum absolute atomic E-state index is 0.244. The Kier molecular flexibility index (Phi) is 4.35. The molecule has 2 aromatic heterocycles. The van der Waals surface area contributed by atoms with Crippen molar-refractivity contribution in [1.82, 2.24) is 4.57 Å². The fourth-order valence-electron chi connectivity index (χ4n) is 6.90. The summed E-state index contributed by atoms with van der Waals surface area (Å²) in [6.45, 7) is 0. The first kappa shape index (κ1) is 21.3. The van der Waals surface area contributed by atoms with Crippen LogP contribution in [-0.4, -0.2) is 4.57 Å². The molecule has 0 amide bonds. The number of benzene rings is 5. The van der Waals surface area contributed by atoms with Crippen LogP contribution in [0.4, 0.5) is 11.4 Å². The molecule has 0 fully saturated rings. The third-order valence-corrected chi connectivity index (χ3v) is 9.78. The first-order valence-electron chi connectivity index (χ1n) is 13.5. The number of aromatic nitrogens is 1. The van der Waals surface area contributed by atoms with Gasteiger partial charge in [0.2, 0.25) is 0 Å². The van der Waals surface area contributed by atoms with E-state index in [2.05, 4.69) is 143 Å². The average molecular weight is 517 g/mol. The number of anilines is 2. The van der Waals surface area contributed by atoms with Crippen LogP contribution < -0.4 is 4.90 Å². The predicted octanol–water partition coefficient (Wildman–Crippen LogP) is 10.0. The van der Waals surface area contributed by atoms with E-state index in [4.69, 9.17) is 0 Å². The fraction of sp³-hybridized carbons (Fsp3) is 0.0556. The number of hydrogen-bond donors (Lipinski definition) is 0. The van der Waals surface area contributed by atoms with Gasteiger partial charge in [-0.25, -0.2) is 0 Å². The third kappa shape index (κ3) is 2.91. The Hall–Kier alpha value is -4.60. The van der Waals surface area contributed by atoms with Crippen LogP contribution in [0.1, 0.15) is 28.0 Å². The van der Waals surface area contributed by atoms with Crippen molar-refractivity contribution < 1.29 is 0 Å². The summed E-state index contributed by atoms with van der Waals surface area (Å²) in [4.78, 5) is 4.04. The van der Waals surface area contributed by atoms with Gasteiger partial charge in [-0.05, 0) is 59.7 Å². The van der Waals surface area contributed by atoms with Gasteiger partial charge in [0.1, 0.15) is 0 Å². The van der Waals surface area contributed by atoms with Crippen molar-refractivity contribution in [2.24, 2.45) is 0 Å². The van der Waals surface area contributed by atoms with E-state index < -0.39 is 0 Å². The first-order valence-corrected chi connectivity index (χ1v) is 14.3. The lowest BCUT2D eigenvalue weighted by atomic mass is 9.87. The van der Waals surface area contributed by atoms with E-state index in [1.165, 1.54) is 65.0 Å². The summed E-state index contributed by atoms with van der Waals surface area (Å²) in [7, 11) is 0. The van der Waals surface area contributed by atoms with E-state index in [-0.39, 0.29) is 12.0 Å². The standard InChI is InChI=1S/C36H24N2S/c1-2-10-23(11-3-1)38-33-21-18-24(37-31-15-7-4-12-25(31)26-13-5-8-16-32(26)37)22-30(33)28-19-20-29-27-14-6-9-17-34(27)39-36(29)35(28)38/h1-22,28,35H. The molecule has 7 aromatic rings. The van der Waals surface area contributed by atoms with Crippen molar-refractivity contribution in [3.63, 3.8) is 0 Å². The van der Waals surface area contributed by atoms with Crippen LogP contribution in [0.15, 0.2) is 127 Å². The molecule has 3 heterocycles. The summed E-state index contributed by atoms with van der Waals surface area (Å²) in [6, 6.07) is 44.6. The highest BCUT2D eigenvalue weighted by molar-refractivity contribution is 7.19. The smallest absolute Gasteiger partial charge is 0.0794 e. The van der Waals surface area contributed by atoms with Gasteiger partial charge in [-0.3, -0.25) is 0 Å². The summed E-state index contributed by atoms with van der Waals surface area (Å²) in [5.41, 5.74) is 9.04. The second kappa shape index (κ2) is 7.95. The van der Waals surface area contributed by atoms with Crippen molar-refractivity contribution >= 4 is 60.7 Å². The minimum atomic E-state index is 0.244. The largest absolute Gasteiger partial charge is 0.332 e. The first-order chi connectivity index (χ1) is 19.4. The van der Waals surface area contributed by atoms with Crippen LogP contribution in [0.2, 0.25) is 0 Å². The van der Waals surface area contributed by atoms with Crippen LogP contribution in [0.3, 0.4) is 0 Å². The zero-order chi connectivity index (χ0) is 25.5. The van der Waals surface area contributed by atoms with E-state index in [9.17, 15) is 0 Å². The highest BCUT2D eigenvalue weighted by Crippen LogP contribution is 2.58. The lowest BCUT2D eigenvalue weighted by Gasteiger charge is -2.31. The Balaban J connectivity index is 1.30. The molecular weight excluding hydrogens is 492 g/mol. The van der Waals surface area contributed by atoms with Crippen molar-refractivity contribution in [2.75, 3.05) is 4.90 Å². The molecule has 0 radical (unpaired) electrons. The van der Waals surface area contributed by atoms with Gasteiger partial charge in [-0.2, -0.15) is 0 Å². The lowest BCUT2D eigenvalue weighted by Crippen LogP contribution is -2.22. The maximum Gasteiger partial charge on any atom is 0.0794 e. The zero-order valence-electron chi connectivity index (χ0n) is 21.2. The monoisotopic (exact) mass is 516 g/mol. The molecule has 1 aliphatic carbocycles. The topological polar surface area (TPSA) is 8.17 Å². The Morgan fingerprint density at radius 1 is 0.590 bits per heavy atom.